The van der Waals surface area contributed by atoms with Gasteiger partial charge in [-0.25, -0.2) is 12.8 Å². The lowest BCUT2D eigenvalue weighted by Crippen LogP contribution is -2.41. The number of hydrogen-bond donors (Lipinski definition) is 0. The summed E-state index contributed by atoms with van der Waals surface area (Å²) in [6.45, 7) is 7.01. The first-order valence-electron chi connectivity index (χ1n) is 13.3. The van der Waals surface area contributed by atoms with Crippen molar-refractivity contribution in [1.29, 1.82) is 0 Å². The first-order valence-corrected chi connectivity index (χ1v) is 15.0. The number of halogens is 1. The molecule has 3 saturated heterocycles. The standard InChI is InChI=1S/C26H34FN5O4S/c27-19-5-8-29(9-6-19)11-12-30-10-7-20(17-30)32-25-21-3-1-2-4-23(21)37(34,35)18-22(25)24(28-32)26(33)31-13-15-36-16-14-31/h1-4,19-20H,5-18H2/t20-/m0/s1. The van der Waals surface area contributed by atoms with Crippen molar-refractivity contribution in [3.63, 3.8) is 0 Å². The number of fused-ring (bicyclic) bond motifs is 3. The molecule has 1 amide bonds. The molecule has 0 bridgehead atoms. The van der Waals surface area contributed by atoms with Crippen LogP contribution >= 0.6 is 0 Å². The van der Waals surface area contributed by atoms with Gasteiger partial charge >= 0.3 is 0 Å². The Kier molecular flexibility index (Phi) is 6.81. The minimum absolute atomic E-state index is 0.0467. The van der Waals surface area contributed by atoms with Crippen LogP contribution in [0.25, 0.3) is 11.3 Å². The highest BCUT2D eigenvalue weighted by Crippen LogP contribution is 2.42. The van der Waals surface area contributed by atoms with Crippen molar-refractivity contribution < 1.29 is 22.3 Å². The molecule has 0 spiro atoms. The summed E-state index contributed by atoms with van der Waals surface area (Å²) in [7, 11) is -3.58. The summed E-state index contributed by atoms with van der Waals surface area (Å²) >= 11 is 0. The van der Waals surface area contributed by atoms with Crippen molar-refractivity contribution in [3.05, 3.63) is 35.5 Å². The molecular weight excluding hydrogens is 497 g/mol. The Morgan fingerprint density at radius 2 is 1.70 bits per heavy atom. The van der Waals surface area contributed by atoms with Gasteiger partial charge in [-0.2, -0.15) is 5.10 Å². The average Bonchev–Trinajstić information content (AvgIpc) is 3.53. The molecule has 37 heavy (non-hydrogen) atoms. The van der Waals surface area contributed by atoms with Crippen LogP contribution in [-0.4, -0.2) is 111 Å². The number of benzene rings is 1. The number of carbonyl (C=O) groups excluding carboxylic acids is 1. The lowest BCUT2D eigenvalue weighted by Gasteiger charge is -2.30. The fourth-order valence-electron chi connectivity index (χ4n) is 6.07. The average molecular weight is 532 g/mol. The number of sulfone groups is 1. The maximum atomic E-state index is 13.5. The number of rotatable bonds is 5. The van der Waals surface area contributed by atoms with Crippen LogP contribution in [0.1, 0.15) is 41.4 Å². The maximum absolute atomic E-state index is 13.5. The third kappa shape index (κ3) is 4.82. The first kappa shape index (κ1) is 25.0. The van der Waals surface area contributed by atoms with Gasteiger partial charge in [-0.1, -0.05) is 18.2 Å². The van der Waals surface area contributed by atoms with Crippen LogP contribution in [0.4, 0.5) is 4.39 Å². The monoisotopic (exact) mass is 531 g/mol. The quantitative estimate of drug-likeness (QED) is 0.583. The zero-order chi connectivity index (χ0) is 25.6. The Morgan fingerprint density at radius 3 is 2.49 bits per heavy atom. The number of ether oxygens (including phenoxy) is 1. The Hall–Kier alpha value is -2.34. The van der Waals surface area contributed by atoms with Crippen LogP contribution in [0, 0.1) is 0 Å². The minimum atomic E-state index is -3.58. The molecule has 0 aliphatic carbocycles. The molecule has 5 heterocycles. The summed E-state index contributed by atoms with van der Waals surface area (Å²) in [5, 5.41) is 4.85. The molecule has 4 aliphatic heterocycles. The summed E-state index contributed by atoms with van der Waals surface area (Å²) in [6, 6.07) is 7.10. The highest BCUT2D eigenvalue weighted by Gasteiger charge is 2.39. The van der Waals surface area contributed by atoms with Gasteiger partial charge in [0.1, 0.15) is 6.17 Å². The third-order valence-corrected chi connectivity index (χ3v) is 9.86. The zero-order valence-corrected chi connectivity index (χ0v) is 21.8. The second-order valence-corrected chi connectivity index (χ2v) is 12.5. The summed E-state index contributed by atoms with van der Waals surface area (Å²) in [5.41, 5.74) is 2.16. The summed E-state index contributed by atoms with van der Waals surface area (Å²) < 4.78 is 47.2. The number of alkyl halides is 1. The molecule has 3 fully saturated rings. The van der Waals surface area contributed by atoms with E-state index in [0.717, 1.165) is 51.4 Å². The largest absolute Gasteiger partial charge is 0.378 e. The van der Waals surface area contributed by atoms with Crippen LogP contribution in [0.5, 0.6) is 0 Å². The number of aromatic nitrogens is 2. The van der Waals surface area contributed by atoms with Crippen molar-refractivity contribution in [2.75, 3.05) is 65.6 Å². The van der Waals surface area contributed by atoms with Crippen LogP contribution < -0.4 is 0 Å². The van der Waals surface area contributed by atoms with Gasteiger partial charge in [-0.15, -0.1) is 0 Å². The fraction of sp³-hybridized carbons (Fsp3) is 0.615. The number of likely N-dealkylation sites (tertiary alicyclic amines) is 2. The molecule has 6 rings (SSSR count). The van der Waals surface area contributed by atoms with E-state index in [0.29, 0.717) is 55.2 Å². The smallest absolute Gasteiger partial charge is 0.274 e. The zero-order valence-electron chi connectivity index (χ0n) is 21.0. The Morgan fingerprint density at radius 1 is 1.00 bits per heavy atom. The van der Waals surface area contributed by atoms with E-state index in [1.54, 1.807) is 17.0 Å². The van der Waals surface area contributed by atoms with Gasteiger partial charge in [-0.3, -0.25) is 14.4 Å². The van der Waals surface area contributed by atoms with Crippen molar-refractivity contribution >= 4 is 15.7 Å². The molecule has 4 aliphatic rings. The molecule has 0 saturated carbocycles. The summed E-state index contributed by atoms with van der Waals surface area (Å²) in [6.07, 6.45) is 1.44. The number of morpholine rings is 1. The lowest BCUT2D eigenvalue weighted by atomic mass is 10.0. The van der Waals surface area contributed by atoms with E-state index in [4.69, 9.17) is 9.84 Å². The van der Waals surface area contributed by atoms with Gasteiger partial charge in [0.05, 0.1) is 35.6 Å². The van der Waals surface area contributed by atoms with Crippen LogP contribution in [0.2, 0.25) is 0 Å². The van der Waals surface area contributed by atoms with Gasteiger partial charge in [-0.05, 0) is 25.3 Å². The molecule has 2 aromatic rings. The molecule has 1 atom stereocenters. The summed E-state index contributed by atoms with van der Waals surface area (Å²) in [5.74, 6) is -0.440. The van der Waals surface area contributed by atoms with E-state index in [-0.39, 0.29) is 23.4 Å². The number of hydrogen-bond acceptors (Lipinski definition) is 7. The van der Waals surface area contributed by atoms with E-state index in [9.17, 15) is 17.6 Å². The van der Waals surface area contributed by atoms with Crippen LogP contribution in [0.15, 0.2) is 29.2 Å². The summed E-state index contributed by atoms with van der Waals surface area (Å²) in [4.78, 5) is 20.3. The van der Waals surface area contributed by atoms with E-state index < -0.39 is 16.0 Å². The number of carbonyl (C=O) groups is 1. The minimum Gasteiger partial charge on any atom is -0.378 e. The Labute approximate surface area is 217 Å². The normalized spacial score (nSPS) is 24.7. The van der Waals surface area contributed by atoms with Gasteiger partial charge in [0.2, 0.25) is 0 Å². The predicted molar refractivity (Wildman–Crippen MR) is 136 cm³/mol. The van der Waals surface area contributed by atoms with Crippen LogP contribution in [-0.2, 0) is 20.3 Å². The van der Waals surface area contributed by atoms with Gasteiger partial charge < -0.3 is 14.5 Å². The number of amides is 1. The van der Waals surface area contributed by atoms with Crippen molar-refractivity contribution in [3.8, 4) is 11.3 Å². The van der Waals surface area contributed by atoms with Crippen molar-refractivity contribution in [2.45, 2.75) is 42.1 Å². The molecule has 0 radical (unpaired) electrons. The topological polar surface area (TPSA) is 88.0 Å². The second-order valence-electron chi connectivity index (χ2n) is 10.5. The first-order chi connectivity index (χ1) is 17.9. The molecule has 1 aromatic carbocycles. The van der Waals surface area contributed by atoms with E-state index in [1.807, 2.05) is 16.8 Å². The Balaban J connectivity index is 1.29. The van der Waals surface area contributed by atoms with Gasteiger partial charge in [0.25, 0.3) is 5.91 Å². The molecule has 200 valence electrons. The third-order valence-electron chi connectivity index (χ3n) is 8.16. The second kappa shape index (κ2) is 10.1. The molecule has 0 unspecified atom stereocenters. The predicted octanol–water partition coefficient (Wildman–Crippen LogP) is 1.99. The highest BCUT2D eigenvalue weighted by atomic mass is 32.2. The van der Waals surface area contributed by atoms with Gasteiger partial charge in [0.15, 0.2) is 15.5 Å². The van der Waals surface area contributed by atoms with E-state index in [2.05, 4.69) is 9.80 Å². The van der Waals surface area contributed by atoms with E-state index >= 15 is 0 Å². The molecule has 11 heteroatoms. The van der Waals surface area contributed by atoms with Crippen molar-refractivity contribution in [1.82, 2.24) is 24.5 Å². The highest BCUT2D eigenvalue weighted by molar-refractivity contribution is 7.90. The van der Waals surface area contributed by atoms with E-state index in [1.165, 1.54) is 0 Å². The van der Waals surface area contributed by atoms with Crippen LogP contribution in [0.3, 0.4) is 0 Å². The van der Waals surface area contributed by atoms with Gasteiger partial charge in [0, 0.05) is 63.5 Å². The Bertz CT molecular complexity index is 1270. The molecule has 9 nitrogen and oxygen atoms in total. The van der Waals surface area contributed by atoms with Crippen molar-refractivity contribution in [2.24, 2.45) is 0 Å². The molecule has 1 aromatic heterocycles. The fourth-order valence-corrected chi connectivity index (χ4v) is 7.66. The number of nitrogens with zero attached hydrogens (tertiary/aromatic N) is 5. The lowest BCUT2D eigenvalue weighted by molar-refractivity contribution is 0.0297. The molecular formula is C26H34FN5O4S. The SMILES string of the molecule is O=C(c1nn([C@H]2CCN(CCN3CCC(F)CC3)C2)c2c1CS(=O)(=O)c1ccccc1-2)N1CCOCC1. The maximum Gasteiger partial charge on any atom is 0.274 e. The number of piperidine rings is 1. The molecule has 0 N–H and O–H groups in total.